The fraction of sp³-hybridized carbons (Fsp3) is 0.192. The summed E-state index contributed by atoms with van der Waals surface area (Å²) in [6.45, 7) is 7.30. The van der Waals surface area contributed by atoms with Gasteiger partial charge in [-0.2, -0.15) is 0 Å². The lowest BCUT2D eigenvalue weighted by Gasteiger charge is -2.29. The Morgan fingerprint density at radius 3 is 2.54 bits per heavy atom. The Hall–Kier alpha value is -4.11. The van der Waals surface area contributed by atoms with Crippen molar-refractivity contribution in [3.05, 3.63) is 66.4 Å². The van der Waals surface area contributed by atoms with Crippen molar-refractivity contribution in [2.45, 2.75) is 33.3 Å². The van der Waals surface area contributed by atoms with E-state index in [1.54, 1.807) is 37.9 Å². The second-order valence-corrected chi connectivity index (χ2v) is 10.1. The molecule has 2 aromatic heterocycles. The summed E-state index contributed by atoms with van der Waals surface area (Å²) in [6.07, 6.45) is 1.06. The molecule has 0 aliphatic carbocycles. The van der Waals surface area contributed by atoms with E-state index in [0.29, 0.717) is 32.6 Å². The van der Waals surface area contributed by atoms with Gasteiger partial charge in [0.05, 0.1) is 22.4 Å². The van der Waals surface area contributed by atoms with Crippen LogP contribution in [0, 0.1) is 6.92 Å². The van der Waals surface area contributed by atoms with Crippen molar-refractivity contribution < 1.29 is 19.1 Å². The molecule has 0 saturated heterocycles. The minimum absolute atomic E-state index is 0.338. The highest BCUT2D eigenvalue weighted by molar-refractivity contribution is 7.23. The van der Waals surface area contributed by atoms with Crippen molar-refractivity contribution >= 4 is 55.7 Å². The first-order valence-electron chi connectivity index (χ1n) is 11.1. The number of ether oxygens (including phenoxy) is 2. The smallest absolute Gasteiger partial charge is 0.412 e. The number of benzene rings is 2. The van der Waals surface area contributed by atoms with E-state index in [1.807, 2.05) is 55.5 Å². The predicted octanol–water partition coefficient (Wildman–Crippen LogP) is 7.43. The first-order valence-corrected chi connectivity index (χ1v) is 11.9. The van der Waals surface area contributed by atoms with Crippen LogP contribution in [0.1, 0.15) is 26.3 Å². The molecule has 8 nitrogen and oxygen atoms in total. The van der Waals surface area contributed by atoms with Crippen molar-refractivity contribution in [2.75, 3.05) is 15.5 Å². The number of urea groups is 1. The third kappa shape index (κ3) is 4.50. The van der Waals surface area contributed by atoms with Crippen LogP contribution in [0.2, 0.25) is 0 Å². The summed E-state index contributed by atoms with van der Waals surface area (Å²) in [7, 11) is 0. The molecule has 2 N–H and O–H groups in total. The number of nitrogens with one attached hydrogen (secondary N) is 2. The molecule has 3 heterocycles. The third-order valence-corrected chi connectivity index (χ3v) is 6.26. The average Bonchev–Trinajstić information content (AvgIpc) is 3.12. The van der Waals surface area contributed by atoms with Gasteiger partial charge in [0.25, 0.3) is 0 Å². The highest BCUT2D eigenvalue weighted by Gasteiger charge is 2.32. The molecule has 0 spiro atoms. The van der Waals surface area contributed by atoms with Gasteiger partial charge in [0.1, 0.15) is 26.9 Å². The molecule has 0 fully saturated rings. The van der Waals surface area contributed by atoms with Gasteiger partial charge in [-0.25, -0.2) is 14.6 Å². The second kappa shape index (κ2) is 8.59. The summed E-state index contributed by atoms with van der Waals surface area (Å²) in [6, 6.07) is 16.6. The standard InChI is InChI=1S/C26H24N4O4S/c1-15-14-17(33-16-8-6-5-7-9-16)10-11-18(15)30-19-12-13-27-22-20(19)21(28-24(30)31)23(35-22)29-25(32)34-26(2,3)4/h5-14H,1-4H3,(H,28,31)(H,29,32). The molecule has 0 atom stereocenters. The molecule has 9 heteroatoms. The number of aryl methyl sites for hydroxylation is 1. The summed E-state index contributed by atoms with van der Waals surface area (Å²) >= 11 is 1.28. The molecule has 1 aliphatic rings. The van der Waals surface area contributed by atoms with Gasteiger partial charge in [0.2, 0.25) is 0 Å². The van der Waals surface area contributed by atoms with Crippen LogP contribution in [-0.2, 0) is 4.74 Å². The monoisotopic (exact) mass is 488 g/mol. The molecule has 0 radical (unpaired) electrons. The summed E-state index contributed by atoms with van der Waals surface area (Å²) in [5.41, 5.74) is 2.14. The van der Waals surface area contributed by atoms with Crippen LogP contribution in [0.5, 0.6) is 11.5 Å². The van der Waals surface area contributed by atoms with Gasteiger partial charge in [0.15, 0.2) is 0 Å². The summed E-state index contributed by atoms with van der Waals surface area (Å²) in [4.78, 5) is 32.4. The van der Waals surface area contributed by atoms with Crippen LogP contribution in [0.3, 0.4) is 0 Å². The van der Waals surface area contributed by atoms with E-state index in [2.05, 4.69) is 15.6 Å². The molecule has 4 aromatic rings. The first kappa shape index (κ1) is 22.7. The van der Waals surface area contributed by atoms with E-state index in [9.17, 15) is 9.59 Å². The number of anilines is 4. The lowest BCUT2D eigenvalue weighted by atomic mass is 10.1. The highest BCUT2D eigenvalue weighted by atomic mass is 32.1. The number of aromatic nitrogens is 1. The molecule has 5 rings (SSSR count). The average molecular weight is 489 g/mol. The topological polar surface area (TPSA) is 92.8 Å². The van der Waals surface area contributed by atoms with E-state index in [4.69, 9.17) is 9.47 Å². The molecular weight excluding hydrogens is 464 g/mol. The maximum Gasteiger partial charge on any atom is 0.412 e. The molecule has 1 aliphatic heterocycles. The lowest BCUT2D eigenvalue weighted by molar-refractivity contribution is 0.0636. The van der Waals surface area contributed by atoms with Gasteiger partial charge < -0.3 is 14.8 Å². The number of thiophene rings is 1. The normalized spacial score (nSPS) is 12.9. The van der Waals surface area contributed by atoms with Crippen LogP contribution in [0.15, 0.2) is 60.8 Å². The van der Waals surface area contributed by atoms with Gasteiger partial charge in [0, 0.05) is 6.20 Å². The van der Waals surface area contributed by atoms with E-state index in [-0.39, 0.29) is 6.03 Å². The quantitative estimate of drug-likeness (QED) is 0.312. The number of amides is 3. The zero-order valence-electron chi connectivity index (χ0n) is 19.7. The molecule has 0 unspecified atom stereocenters. The molecule has 2 aromatic carbocycles. The Bertz CT molecular complexity index is 1440. The van der Waals surface area contributed by atoms with Crippen molar-refractivity contribution in [1.29, 1.82) is 0 Å². The largest absolute Gasteiger partial charge is 0.457 e. The van der Waals surface area contributed by atoms with Gasteiger partial charge in [-0.3, -0.25) is 10.2 Å². The SMILES string of the molecule is Cc1cc(Oc2ccccc2)ccc1N1C(=O)Nc2c(NC(=O)OC(C)(C)C)sc3nccc1c23. The molecule has 35 heavy (non-hydrogen) atoms. The lowest BCUT2D eigenvalue weighted by Crippen LogP contribution is -2.34. The number of rotatable bonds is 4. The highest BCUT2D eigenvalue weighted by Crippen LogP contribution is 2.49. The first-order chi connectivity index (χ1) is 16.7. The van der Waals surface area contributed by atoms with Gasteiger partial charge in [-0.05, 0) is 69.7 Å². The summed E-state index contributed by atoms with van der Waals surface area (Å²) < 4.78 is 11.3. The molecule has 0 saturated carbocycles. The minimum atomic E-state index is -0.643. The Kier molecular flexibility index (Phi) is 5.56. The fourth-order valence-electron chi connectivity index (χ4n) is 3.87. The number of nitrogens with zero attached hydrogens (tertiary/aromatic N) is 2. The number of para-hydroxylation sites is 1. The van der Waals surface area contributed by atoms with E-state index in [1.165, 1.54) is 11.3 Å². The molecular formula is C26H24N4O4S. The number of carbonyl (C=O) groups is 2. The predicted molar refractivity (Wildman–Crippen MR) is 138 cm³/mol. The van der Waals surface area contributed by atoms with Crippen molar-refractivity contribution in [2.24, 2.45) is 0 Å². The van der Waals surface area contributed by atoms with Crippen LogP contribution in [-0.4, -0.2) is 22.7 Å². The number of hydrogen-bond donors (Lipinski definition) is 2. The van der Waals surface area contributed by atoms with Crippen LogP contribution < -0.4 is 20.3 Å². The maximum atomic E-state index is 13.3. The van der Waals surface area contributed by atoms with Crippen molar-refractivity contribution in [3.63, 3.8) is 0 Å². The van der Waals surface area contributed by atoms with Gasteiger partial charge >= 0.3 is 12.1 Å². The number of carbonyl (C=O) groups excluding carboxylic acids is 2. The van der Waals surface area contributed by atoms with Crippen LogP contribution >= 0.6 is 11.3 Å². The van der Waals surface area contributed by atoms with Crippen molar-refractivity contribution in [3.8, 4) is 11.5 Å². The van der Waals surface area contributed by atoms with Crippen molar-refractivity contribution in [1.82, 2.24) is 4.98 Å². The van der Waals surface area contributed by atoms with Gasteiger partial charge in [-0.15, -0.1) is 0 Å². The van der Waals surface area contributed by atoms with E-state index >= 15 is 0 Å². The Labute approximate surface area is 206 Å². The van der Waals surface area contributed by atoms with E-state index in [0.717, 1.165) is 16.7 Å². The zero-order chi connectivity index (χ0) is 24.7. The number of hydrogen-bond acceptors (Lipinski definition) is 6. The Morgan fingerprint density at radius 2 is 1.83 bits per heavy atom. The molecule has 3 amide bonds. The fourth-order valence-corrected chi connectivity index (χ4v) is 4.88. The third-order valence-electron chi connectivity index (χ3n) is 5.25. The Balaban J connectivity index is 1.50. The zero-order valence-corrected chi connectivity index (χ0v) is 20.5. The number of pyridine rings is 1. The van der Waals surface area contributed by atoms with Crippen LogP contribution in [0.25, 0.3) is 10.2 Å². The molecule has 0 bridgehead atoms. The van der Waals surface area contributed by atoms with Crippen LogP contribution in [0.4, 0.5) is 31.7 Å². The maximum absolute atomic E-state index is 13.3. The minimum Gasteiger partial charge on any atom is -0.457 e. The van der Waals surface area contributed by atoms with Gasteiger partial charge in [-0.1, -0.05) is 29.5 Å². The second-order valence-electron chi connectivity index (χ2n) is 9.07. The molecule has 178 valence electrons. The van der Waals surface area contributed by atoms with E-state index < -0.39 is 11.7 Å². The summed E-state index contributed by atoms with van der Waals surface area (Å²) in [5.74, 6) is 1.41. The summed E-state index contributed by atoms with van der Waals surface area (Å²) in [5, 5.41) is 6.91. The Morgan fingerprint density at radius 1 is 1.06 bits per heavy atom.